The van der Waals surface area contributed by atoms with Crippen molar-refractivity contribution in [3.05, 3.63) is 53.1 Å². The van der Waals surface area contributed by atoms with Gasteiger partial charge in [-0.2, -0.15) is 0 Å². The highest BCUT2D eigenvalue weighted by molar-refractivity contribution is 6.10. The Balaban J connectivity index is 1.77. The molecule has 1 heterocycles. The van der Waals surface area contributed by atoms with Crippen molar-refractivity contribution in [2.24, 2.45) is 4.99 Å². The molecule has 2 aromatic rings. The van der Waals surface area contributed by atoms with Gasteiger partial charge >= 0.3 is 0 Å². The first kappa shape index (κ1) is 23.6. The lowest BCUT2D eigenvalue weighted by Crippen LogP contribution is -2.39. The number of carbonyl (C=O) groups excluding carboxylic acids is 1. The Morgan fingerprint density at radius 1 is 1.00 bits per heavy atom. The van der Waals surface area contributed by atoms with Crippen molar-refractivity contribution in [2.75, 3.05) is 58.9 Å². The molecule has 0 aliphatic carbocycles. The summed E-state index contributed by atoms with van der Waals surface area (Å²) < 4.78 is 16.0. The highest BCUT2D eigenvalue weighted by atomic mass is 16.5. The highest BCUT2D eigenvalue weighted by Crippen LogP contribution is 2.22. The third kappa shape index (κ3) is 6.96. The number of methoxy groups -OCH3 is 2. The number of hydrogen-bond acceptors (Lipinski definition) is 6. The Hall–Kier alpha value is -3.10. The second-order valence-electron chi connectivity index (χ2n) is 7.74. The van der Waals surface area contributed by atoms with E-state index in [2.05, 4.69) is 26.6 Å². The fourth-order valence-electron chi connectivity index (χ4n) is 3.54. The van der Waals surface area contributed by atoms with E-state index in [-0.39, 0.29) is 5.91 Å². The Labute approximate surface area is 189 Å². The molecule has 1 aliphatic rings. The summed E-state index contributed by atoms with van der Waals surface area (Å²) >= 11 is 0. The van der Waals surface area contributed by atoms with Crippen molar-refractivity contribution < 1.29 is 19.0 Å². The van der Waals surface area contributed by atoms with E-state index in [1.807, 2.05) is 26.0 Å². The standard InChI is InChI=1S/C24H32N4O4/c1-17-11-18(2)13-20(12-17)26-24(25-5-6-28-7-9-32-10-8-28)27-23(29)19-14-21(30-3)16-22(15-19)31-4/h11-16H,5-10H2,1-4H3,(H2,25,26,27,29). The number of benzene rings is 2. The Bertz CT molecular complexity index is 913. The number of aliphatic imine (C=N–C) groups is 1. The van der Waals surface area contributed by atoms with E-state index in [9.17, 15) is 4.79 Å². The number of nitrogens with zero attached hydrogens (tertiary/aromatic N) is 2. The molecule has 2 aromatic carbocycles. The van der Waals surface area contributed by atoms with Crippen molar-refractivity contribution in [1.82, 2.24) is 10.2 Å². The maximum atomic E-state index is 13.0. The second kappa shape index (κ2) is 11.5. The average Bonchev–Trinajstić information content (AvgIpc) is 2.78. The topological polar surface area (TPSA) is 84.4 Å². The van der Waals surface area contributed by atoms with Crippen LogP contribution in [-0.2, 0) is 4.74 Å². The van der Waals surface area contributed by atoms with E-state index in [0.717, 1.165) is 49.7 Å². The molecule has 1 fully saturated rings. The van der Waals surface area contributed by atoms with Crippen LogP contribution in [0.5, 0.6) is 11.5 Å². The molecule has 0 spiro atoms. The van der Waals surface area contributed by atoms with Crippen LogP contribution in [0.25, 0.3) is 0 Å². The summed E-state index contributed by atoms with van der Waals surface area (Å²) in [6, 6.07) is 11.2. The minimum absolute atomic E-state index is 0.302. The molecule has 0 saturated carbocycles. The normalized spacial score (nSPS) is 14.7. The van der Waals surface area contributed by atoms with Gasteiger partial charge in [-0.3, -0.25) is 20.0 Å². The van der Waals surface area contributed by atoms with Crippen LogP contribution in [0.3, 0.4) is 0 Å². The summed E-state index contributed by atoms with van der Waals surface area (Å²) in [6.45, 7) is 8.69. The first-order valence-corrected chi connectivity index (χ1v) is 10.7. The molecule has 0 aromatic heterocycles. The molecule has 1 amide bonds. The molecular weight excluding hydrogens is 408 g/mol. The largest absolute Gasteiger partial charge is 0.497 e. The molecular formula is C24H32N4O4. The van der Waals surface area contributed by atoms with Crippen molar-refractivity contribution in [3.8, 4) is 11.5 Å². The van der Waals surface area contributed by atoms with Crippen molar-refractivity contribution in [1.29, 1.82) is 0 Å². The van der Waals surface area contributed by atoms with Crippen molar-refractivity contribution >= 4 is 17.6 Å². The molecule has 2 N–H and O–H groups in total. The van der Waals surface area contributed by atoms with E-state index in [1.54, 1.807) is 32.4 Å². The summed E-state index contributed by atoms with van der Waals surface area (Å²) in [5.41, 5.74) is 3.55. The number of anilines is 1. The van der Waals surface area contributed by atoms with Gasteiger partial charge in [-0.05, 0) is 49.2 Å². The van der Waals surface area contributed by atoms with Gasteiger partial charge in [0.1, 0.15) is 11.5 Å². The van der Waals surface area contributed by atoms with Crippen LogP contribution >= 0.6 is 0 Å². The van der Waals surface area contributed by atoms with Crippen LogP contribution in [0.15, 0.2) is 41.4 Å². The van der Waals surface area contributed by atoms with Crippen molar-refractivity contribution in [2.45, 2.75) is 13.8 Å². The van der Waals surface area contributed by atoms with Crippen LogP contribution < -0.4 is 20.1 Å². The smallest absolute Gasteiger partial charge is 0.258 e. The monoisotopic (exact) mass is 440 g/mol. The highest BCUT2D eigenvalue weighted by Gasteiger charge is 2.14. The van der Waals surface area contributed by atoms with Crippen molar-refractivity contribution in [3.63, 3.8) is 0 Å². The fraction of sp³-hybridized carbons (Fsp3) is 0.417. The lowest BCUT2D eigenvalue weighted by molar-refractivity contribution is 0.0394. The fourth-order valence-corrected chi connectivity index (χ4v) is 3.54. The van der Waals surface area contributed by atoms with E-state index in [1.165, 1.54) is 0 Å². The Kier molecular flexibility index (Phi) is 8.47. The van der Waals surface area contributed by atoms with Gasteiger partial charge in [0, 0.05) is 37.0 Å². The molecule has 0 radical (unpaired) electrons. The van der Waals surface area contributed by atoms with E-state index in [4.69, 9.17) is 14.2 Å². The number of aryl methyl sites for hydroxylation is 2. The van der Waals surface area contributed by atoms with Crippen LogP contribution in [-0.4, -0.2) is 70.4 Å². The molecule has 0 atom stereocenters. The van der Waals surface area contributed by atoms with Gasteiger partial charge in [0.05, 0.1) is 34.0 Å². The summed E-state index contributed by atoms with van der Waals surface area (Å²) in [7, 11) is 3.10. The lowest BCUT2D eigenvalue weighted by Gasteiger charge is -2.25. The first-order valence-electron chi connectivity index (χ1n) is 10.7. The predicted molar refractivity (Wildman–Crippen MR) is 126 cm³/mol. The zero-order valence-electron chi connectivity index (χ0n) is 19.2. The average molecular weight is 441 g/mol. The SMILES string of the molecule is COc1cc(OC)cc(C(=O)NC(=NCCN2CCOCC2)Nc2cc(C)cc(C)c2)c1. The minimum atomic E-state index is -0.302. The van der Waals surface area contributed by atoms with Gasteiger partial charge < -0.3 is 19.5 Å². The first-order chi connectivity index (χ1) is 15.5. The molecule has 172 valence electrons. The summed E-state index contributed by atoms with van der Waals surface area (Å²) in [6.07, 6.45) is 0. The summed E-state index contributed by atoms with van der Waals surface area (Å²) in [5.74, 6) is 1.18. The molecule has 1 saturated heterocycles. The summed E-state index contributed by atoms with van der Waals surface area (Å²) in [5, 5.41) is 6.18. The second-order valence-corrected chi connectivity index (χ2v) is 7.74. The summed E-state index contributed by atoms with van der Waals surface area (Å²) in [4.78, 5) is 20.0. The number of morpholine rings is 1. The minimum Gasteiger partial charge on any atom is -0.497 e. The van der Waals surface area contributed by atoms with Gasteiger partial charge in [-0.15, -0.1) is 0 Å². The van der Waals surface area contributed by atoms with Gasteiger partial charge in [0.2, 0.25) is 5.96 Å². The van der Waals surface area contributed by atoms with Crippen LogP contribution in [0, 0.1) is 13.8 Å². The van der Waals surface area contributed by atoms with E-state index in [0.29, 0.717) is 29.6 Å². The molecule has 8 heteroatoms. The van der Waals surface area contributed by atoms with Crippen LogP contribution in [0.4, 0.5) is 5.69 Å². The number of guanidine groups is 1. The van der Waals surface area contributed by atoms with Gasteiger partial charge in [0.25, 0.3) is 5.91 Å². The maximum absolute atomic E-state index is 13.0. The third-order valence-corrected chi connectivity index (χ3v) is 5.12. The van der Waals surface area contributed by atoms with Crippen LogP contribution in [0.2, 0.25) is 0 Å². The van der Waals surface area contributed by atoms with E-state index < -0.39 is 0 Å². The number of nitrogens with one attached hydrogen (secondary N) is 2. The van der Waals surface area contributed by atoms with E-state index >= 15 is 0 Å². The van der Waals surface area contributed by atoms with Gasteiger partial charge in [-0.1, -0.05) is 6.07 Å². The zero-order chi connectivity index (χ0) is 22.9. The number of carbonyl (C=O) groups is 1. The predicted octanol–water partition coefficient (Wildman–Crippen LogP) is 2.85. The van der Waals surface area contributed by atoms with Crippen LogP contribution in [0.1, 0.15) is 21.5 Å². The Morgan fingerprint density at radius 2 is 1.62 bits per heavy atom. The lowest BCUT2D eigenvalue weighted by atomic mass is 10.1. The number of ether oxygens (including phenoxy) is 3. The van der Waals surface area contributed by atoms with Gasteiger partial charge in [0.15, 0.2) is 0 Å². The molecule has 32 heavy (non-hydrogen) atoms. The Morgan fingerprint density at radius 3 is 2.22 bits per heavy atom. The molecule has 8 nitrogen and oxygen atoms in total. The zero-order valence-corrected chi connectivity index (χ0v) is 19.2. The van der Waals surface area contributed by atoms with Gasteiger partial charge in [-0.25, -0.2) is 0 Å². The third-order valence-electron chi connectivity index (χ3n) is 5.12. The molecule has 3 rings (SSSR count). The number of amides is 1. The maximum Gasteiger partial charge on any atom is 0.258 e. The molecule has 0 unspecified atom stereocenters. The molecule has 0 bridgehead atoms. The molecule has 1 aliphatic heterocycles. The quantitative estimate of drug-likeness (QED) is 0.509. The number of rotatable bonds is 7. The number of hydrogen-bond donors (Lipinski definition) is 2.